The van der Waals surface area contributed by atoms with E-state index in [1.807, 2.05) is 0 Å². The van der Waals surface area contributed by atoms with Gasteiger partial charge in [0.1, 0.15) is 0 Å². The van der Waals surface area contributed by atoms with Crippen LogP contribution in [-0.2, 0) is 0 Å². The van der Waals surface area contributed by atoms with Gasteiger partial charge in [-0.05, 0) is 45.2 Å². The molecular formula is C15H33N. The lowest BCUT2D eigenvalue weighted by atomic mass is 9.89. The van der Waals surface area contributed by atoms with Crippen molar-refractivity contribution in [2.75, 3.05) is 13.1 Å². The van der Waals surface area contributed by atoms with Crippen molar-refractivity contribution in [2.24, 2.45) is 5.92 Å². The van der Waals surface area contributed by atoms with Crippen LogP contribution in [0.4, 0.5) is 0 Å². The minimum Gasteiger partial charge on any atom is -0.301 e. The van der Waals surface area contributed by atoms with E-state index in [0.29, 0.717) is 0 Å². The fourth-order valence-electron chi connectivity index (χ4n) is 2.70. The molecule has 0 bridgehead atoms. The third-order valence-electron chi connectivity index (χ3n) is 3.76. The van der Waals surface area contributed by atoms with E-state index in [0.717, 1.165) is 12.0 Å². The van der Waals surface area contributed by atoms with Crippen LogP contribution in [0.5, 0.6) is 0 Å². The zero-order chi connectivity index (χ0) is 12.4. The smallest absolute Gasteiger partial charge is 0.00950 e. The zero-order valence-corrected chi connectivity index (χ0v) is 12.3. The minimum atomic E-state index is 0.774. The molecule has 0 radical (unpaired) electrons. The monoisotopic (exact) mass is 227 g/mol. The van der Waals surface area contributed by atoms with Crippen molar-refractivity contribution < 1.29 is 0 Å². The van der Waals surface area contributed by atoms with E-state index in [4.69, 9.17) is 0 Å². The summed E-state index contributed by atoms with van der Waals surface area (Å²) in [6, 6.07) is 0.774. The van der Waals surface area contributed by atoms with Gasteiger partial charge >= 0.3 is 0 Å². The first kappa shape index (κ1) is 16.0. The second kappa shape index (κ2) is 10.1. The molecular weight excluding hydrogens is 194 g/mol. The molecule has 2 atom stereocenters. The predicted octanol–water partition coefficient (Wildman–Crippen LogP) is 4.71. The first-order valence-electron chi connectivity index (χ1n) is 7.45. The zero-order valence-electron chi connectivity index (χ0n) is 12.3. The summed E-state index contributed by atoms with van der Waals surface area (Å²) in [6.07, 6.45) is 8.19. The van der Waals surface area contributed by atoms with Crippen molar-refractivity contribution in [2.45, 2.75) is 79.2 Å². The van der Waals surface area contributed by atoms with Crippen molar-refractivity contribution in [3.63, 3.8) is 0 Å². The van der Waals surface area contributed by atoms with E-state index in [9.17, 15) is 0 Å². The quantitative estimate of drug-likeness (QED) is 0.522. The number of nitrogens with zero attached hydrogens (tertiary/aromatic N) is 1. The third kappa shape index (κ3) is 5.89. The van der Waals surface area contributed by atoms with Gasteiger partial charge in [0.05, 0.1) is 0 Å². The van der Waals surface area contributed by atoms with E-state index in [1.165, 1.54) is 51.6 Å². The Labute approximate surface area is 104 Å². The van der Waals surface area contributed by atoms with Gasteiger partial charge in [-0.25, -0.2) is 0 Å². The molecule has 98 valence electrons. The molecule has 0 aromatic carbocycles. The SMILES string of the molecule is CCCCC(CCC)C(C)N(CC)CCC. The lowest BCUT2D eigenvalue weighted by Crippen LogP contribution is -2.39. The number of hydrogen-bond acceptors (Lipinski definition) is 1. The van der Waals surface area contributed by atoms with Gasteiger partial charge in [0, 0.05) is 6.04 Å². The second-order valence-corrected chi connectivity index (χ2v) is 5.06. The molecule has 0 saturated carbocycles. The van der Waals surface area contributed by atoms with Crippen LogP contribution in [0.3, 0.4) is 0 Å². The molecule has 0 aliphatic carbocycles. The number of unbranched alkanes of at least 4 members (excludes halogenated alkanes) is 1. The van der Waals surface area contributed by atoms with E-state index >= 15 is 0 Å². The Morgan fingerprint density at radius 2 is 1.56 bits per heavy atom. The van der Waals surface area contributed by atoms with Gasteiger partial charge in [-0.1, -0.05) is 47.0 Å². The highest BCUT2D eigenvalue weighted by Crippen LogP contribution is 2.22. The van der Waals surface area contributed by atoms with Gasteiger partial charge in [0.2, 0.25) is 0 Å². The molecule has 0 aromatic heterocycles. The lowest BCUT2D eigenvalue weighted by Gasteiger charge is -2.34. The van der Waals surface area contributed by atoms with Crippen molar-refractivity contribution in [1.29, 1.82) is 0 Å². The van der Waals surface area contributed by atoms with Crippen LogP contribution >= 0.6 is 0 Å². The molecule has 0 aliphatic rings. The predicted molar refractivity (Wildman–Crippen MR) is 74.9 cm³/mol. The maximum Gasteiger partial charge on any atom is 0.00950 e. The molecule has 1 heteroatoms. The maximum atomic E-state index is 2.66. The Morgan fingerprint density at radius 1 is 0.875 bits per heavy atom. The highest BCUT2D eigenvalue weighted by Gasteiger charge is 2.20. The van der Waals surface area contributed by atoms with Gasteiger partial charge in [0.25, 0.3) is 0 Å². The van der Waals surface area contributed by atoms with Crippen LogP contribution in [0, 0.1) is 5.92 Å². The summed E-state index contributed by atoms with van der Waals surface area (Å²) in [5.41, 5.74) is 0. The number of rotatable bonds is 10. The molecule has 16 heavy (non-hydrogen) atoms. The number of hydrogen-bond donors (Lipinski definition) is 0. The molecule has 0 aliphatic heterocycles. The highest BCUT2D eigenvalue weighted by atomic mass is 15.1. The molecule has 0 saturated heterocycles. The Bertz CT molecular complexity index is 144. The molecule has 0 amide bonds. The van der Waals surface area contributed by atoms with Gasteiger partial charge < -0.3 is 4.90 Å². The molecule has 0 aromatic rings. The van der Waals surface area contributed by atoms with Gasteiger partial charge in [-0.3, -0.25) is 0 Å². The van der Waals surface area contributed by atoms with Crippen LogP contribution in [0.15, 0.2) is 0 Å². The van der Waals surface area contributed by atoms with E-state index in [1.54, 1.807) is 0 Å². The van der Waals surface area contributed by atoms with Gasteiger partial charge in [-0.15, -0.1) is 0 Å². The molecule has 2 unspecified atom stereocenters. The van der Waals surface area contributed by atoms with Crippen LogP contribution in [0.2, 0.25) is 0 Å². The van der Waals surface area contributed by atoms with E-state index in [2.05, 4.69) is 39.5 Å². The Balaban J connectivity index is 4.24. The highest BCUT2D eigenvalue weighted by molar-refractivity contribution is 4.75. The normalized spacial score (nSPS) is 15.4. The van der Waals surface area contributed by atoms with Gasteiger partial charge in [0.15, 0.2) is 0 Å². The average Bonchev–Trinajstić information content (AvgIpc) is 2.30. The Hall–Kier alpha value is -0.0400. The molecule has 0 rings (SSSR count). The Morgan fingerprint density at radius 3 is 2.00 bits per heavy atom. The van der Waals surface area contributed by atoms with Crippen molar-refractivity contribution in [3.05, 3.63) is 0 Å². The first-order chi connectivity index (χ1) is 7.71. The molecule has 1 nitrogen and oxygen atoms in total. The van der Waals surface area contributed by atoms with Gasteiger partial charge in [-0.2, -0.15) is 0 Å². The summed E-state index contributed by atoms with van der Waals surface area (Å²) < 4.78 is 0. The average molecular weight is 227 g/mol. The summed E-state index contributed by atoms with van der Waals surface area (Å²) in [6.45, 7) is 14.1. The fourth-order valence-corrected chi connectivity index (χ4v) is 2.70. The standard InChI is InChI=1S/C15H33N/c1-6-10-12-15(11-7-2)14(5)16(9-4)13-8-3/h14-15H,6-13H2,1-5H3. The van der Waals surface area contributed by atoms with Crippen LogP contribution in [0.25, 0.3) is 0 Å². The van der Waals surface area contributed by atoms with Crippen molar-refractivity contribution in [3.8, 4) is 0 Å². The van der Waals surface area contributed by atoms with E-state index < -0.39 is 0 Å². The van der Waals surface area contributed by atoms with E-state index in [-0.39, 0.29) is 0 Å². The van der Waals surface area contributed by atoms with Crippen LogP contribution in [-0.4, -0.2) is 24.0 Å². The molecule has 0 N–H and O–H groups in total. The summed E-state index contributed by atoms with van der Waals surface area (Å²) in [5.74, 6) is 0.913. The van der Waals surface area contributed by atoms with Crippen LogP contribution in [0.1, 0.15) is 73.1 Å². The summed E-state index contributed by atoms with van der Waals surface area (Å²) in [4.78, 5) is 2.66. The van der Waals surface area contributed by atoms with Crippen molar-refractivity contribution in [1.82, 2.24) is 4.90 Å². The first-order valence-corrected chi connectivity index (χ1v) is 7.45. The Kier molecular flexibility index (Phi) is 10.1. The topological polar surface area (TPSA) is 3.24 Å². The molecule has 0 spiro atoms. The van der Waals surface area contributed by atoms with Crippen LogP contribution < -0.4 is 0 Å². The summed E-state index contributed by atoms with van der Waals surface area (Å²) in [7, 11) is 0. The largest absolute Gasteiger partial charge is 0.301 e. The fraction of sp³-hybridized carbons (Fsp3) is 1.00. The maximum absolute atomic E-state index is 2.66. The minimum absolute atomic E-state index is 0.774. The molecule has 0 fully saturated rings. The van der Waals surface area contributed by atoms with Crippen molar-refractivity contribution >= 4 is 0 Å². The third-order valence-corrected chi connectivity index (χ3v) is 3.76. The summed E-state index contributed by atoms with van der Waals surface area (Å²) >= 11 is 0. The lowest BCUT2D eigenvalue weighted by molar-refractivity contribution is 0.147. The second-order valence-electron chi connectivity index (χ2n) is 5.06. The summed E-state index contributed by atoms with van der Waals surface area (Å²) in [5, 5.41) is 0. The molecule has 0 heterocycles.